The maximum Gasteiger partial charge on any atom is 0.243 e. The first-order valence-corrected chi connectivity index (χ1v) is 10.5. The minimum Gasteiger partial charge on any atom is -0.343 e. The first kappa shape index (κ1) is 19.9. The fraction of sp³-hybridized carbons (Fsp3) is 0.632. The highest BCUT2D eigenvalue weighted by Crippen LogP contribution is 2.27. The van der Waals surface area contributed by atoms with Gasteiger partial charge in [0.05, 0.1) is 4.90 Å². The third-order valence-electron chi connectivity index (χ3n) is 5.35. The first-order chi connectivity index (χ1) is 11.7. The van der Waals surface area contributed by atoms with Crippen LogP contribution in [0.2, 0.25) is 0 Å². The van der Waals surface area contributed by atoms with Gasteiger partial charge in [-0.05, 0) is 51.7 Å². The third-order valence-corrected chi connectivity index (χ3v) is 7.41. The molecule has 2 rings (SSSR count). The van der Waals surface area contributed by atoms with Crippen LogP contribution < -0.4 is 0 Å². The van der Waals surface area contributed by atoms with Gasteiger partial charge in [-0.15, -0.1) is 0 Å². The molecule has 0 bridgehead atoms. The molecule has 6 heteroatoms. The number of amides is 1. The molecular formula is C19H30N2O3S. The number of carbonyl (C=O) groups excluding carboxylic acids is 1. The van der Waals surface area contributed by atoms with Crippen molar-refractivity contribution in [1.29, 1.82) is 0 Å². The SMILES string of the molecule is CCC(C)N(C)C(=O)C1CCN(S(=O)(=O)c2ccc(C)cc2C)CC1. The Balaban J connectivity index is 2.07. The Morgan fingerprint density at radius 2 is 1.88 bits per heavy atom. The average molecular weight is 367 g/mol. The molecule has 0 N–H and O–H groups in total. The summed E-state index contributed by atoms with van der Waals surface area (Å²) in [6, 6.07) is 5.62. The lowest BCUT2D eigenvalue weighted by Crippen LogP contribution is -2.45. The van der Waals surface area contributed by atoms with Gasteiger partial charge in [-0.2, -0.15) is 4.31 Å². The summed E-state index contributed by atoms with van der Waals surface area (Å²) in [6.45, 7) is 8.69. The summed E-state index contributed by atoms with van der Waals surface area (Å²) >= 11 is 0. The fourth-order valence-corrected chi connectivity index (χ4v) is 5.03. The number of benzene rings is 1. The number of aryl methyl sites for hydroxylation is 2. The van der Waals surface area contributed by atoms with Gasteiger partial charge in [-0.25, -0.2) is 8.42 Å². The molecule has 0 saturated carbocycles. The second-order valence-corrected chi connectivity index (χ2v) is 9.06. The van der Waals surface area contributed by atoms with Crippen molar-refractivity contribution in [2.75, 3.05) is 20.1 Å². The molecule has 1 unspecified atom stereocenters. The van der Waals surface area contributed by atoms with Crippen molar-refractivity contribution in [3.05, 3.63) is 29.3 Å². The summed E-state index contributed by atoms with van der Waals surface area (Å²) in [5, 5.41) is 0. The largest absolute Gasteiger partial charge is 0.343 e. The fourth-order valence-electron chi connectivity index (χ4n) is 3.35. The van der Waals surface area contributed by atoms with Gasteiger partial charge in [0.25, 0.3) is 0 Å². The standard InChI is InChI=1S/C19H30N2O3S/c1-6-16(4)20(5)19(22)17-9-11-21(12-10-17)25(23,24)18-8-7-14(2)13-15(18)3/h7-8,13,16-17H,6,9-12H2,1-5H3. The third kappa shape index (κ3) is 4.23. The Labute approximate surface area is 152 Å². The summed E-state index contributed by atoms with van der Waals surface area (Å²) in [5.41, 5.74) is 1.82. The highest BCUT2D eigenvalue weighted by molar-refractivity contribution is 7.89. The van der Waals surface area contributed by atoms with Crippen LogP contribution in [0.3, 0.4) is 0 Å². The minimum atomic E-state index is -3.49. The Morgan fingerprint density at radius 1 is 1.28 bits per heavy atom. The molecule has 140 valence electrons. The smallest absolute Gasteiger partial charge is 0.243 e. The van der Waals surface area contributed by atoms with Crippen LogP contribution >= 0.6 is 0 Å². The lowest BCUT2D eigenvalue weighted by molar-refractivity contribution is -0.137. The molecule has 0 aliphatic carbocycles. The van der Waals surface area contributed by atoms with Gasteiger partial charge >= 0.3 is 0 Å². The van der Waals surface area contributed by atoms with Gasteiger partial charge in [-0.1, -0.05) is 24.6 Å². The van der Waals surface area contributed by atoms with E-state index in [2.05, 4.69) is 6.92 Å². The zero-order chi connectivity index (χ0) is 18.8. The zero-order valence-electron chi connectivity index (χ0n) is 15.9. The number of hydrogen-bond acceptors (Lipinski definition) is 3. The van der Waals surface area contributed by atoms with Gasteiger partial charge in [0.2, 0.25) is 15.9 Å². The first-order valence-electron chi connectivity index (χ1n) is 9.02. The monoisotopic (exact) mass is 366 g/mol. The lowest BCUT2D eigenvalue weighted by atomic mass is 9.96. The van der Waals surface area contributed by atoms with Gasteiger partial charge < -0.3 is 4.90 Å². The van der Waals surface area contributed by atoms with E-state index in [0.29, 0.717) is 30.8 Å². The van der Waals surface area contributed by atoms with Crippen molar-refractivity contribution in [2.24, 2.45) is 5.92 Å². The van der Waals surface area contributed by atoms with Gasteiger partial charge in [0.1, 0.15) is 0 Å². The number of hydrogen-bond donors (Lipinski definition) is 0. The topological polar surface area (TPSA) is 57.7 Å². The van der Waals surface area contributed by atoms with Gasteiger partial charge in [-0.3, -0.25) is 4.79 Å². The van der Waals surface area contributed by atoms with Crippen LogP contribution in [-0.4, -0.2) is 49.7 Å². The predicted molar refractivity (Wildman–Crippen MR) is 99.9 cm³/mol. The molecular weight excluding hydrogens is 336 g/mol. The maximum atomic E-state index is 12.9. The molecule has 1 heterocycles. The summed E-state index contributed by atoms with van der Waals surface area (Å²) in [6.07, 6.45) is 2.09. The number of piperidine rings is 1. The van der Waals surface area contributed by atoms with E-state index in [-0.39, 0.29) is 17.9 Å². The van der Waals surface area contributed by atoms with E-state index in [1.807, 2.05) is 40.0 Å². The van der Waals surface area contributed by atoms with Crippen LogP contribution in [0.25, 0.3) is 0 Å². The van der Waals surface area contributed by atoms with E-state index in [1.165, 1.54) is 4.31 Å². The zero-order valence-corrected chi connectivity index (χ0v) is 16.8. The van der Waals surface area contributed by atoms with Gasteiger partial charge in [0, 0.05) is 32.1 Å². The molecule has 5 nitrogen and oxygen atoms in total. The normalized spacial score (nSPS) is 18.1. The maximum absolute atomic E-state index is 12.9. The second-order valence-electron chi connectivity index (χ2n) is 7.15. The van der Waals surface area contributed by atoms with Crippen LogP contribution in [0.5, 0.6) is 0 Å². The van der Waals surface area contributed by atoms with E-state index in [1.54, 1.807) is 11.0 Å². The molecule has 1 aromatic rings. The number of rotatable bonds is 5. The minimum absolute atomic E-state index is 0.0791. The van der Waals surface area contributed by atoms with E-state index < -0.39 is 10.0 Å². The number of nitrogens with zero attached hydrogens (tertiary/aromatic N) is 2. The molecule has 1 fully saturated rings. The molecule has 25 heavy (non-hydrogen) atoms. The van der Waals surface area contributed by atoms with Gasteiger partial charge in [0.15, 0.2) is 0 Å². The van der Waals surface area contributed by atoms with E-state index in [0.717, 1.165) is 17.5 Å². The Bertz CT molecular complexity index is 722. The van der Waals surface area contributed by atoms with Crippen molar-refractivity contribution in [3.63, 3.8) is 0 Å². The highest BCUT2D eigenvalue weighted by Gasteiger charge is 2.34. The van der Waals surface area contributed by atoms with Crippen molar-refractivity contribution in [1.82, 2.24) is 9.21 Å². The van der Waals surface area contributed by atoms with Crippen molar-refractivity contribution < 1.29 is 13.2 Å². The number of carbonyl (C=O) groups is 1. The summed E-state index contributed by atoms with van der Waals surface area (Å²) < 4.78 is 27.4. The molecule has 0 radical (unpaired) electrons. The molecule has 0 spiro atoms. The second kappa shape index (κ2) is 7.87. The van der Waals surface area contributed by atoms with Crippen LogP contribution in [-0.2, 0) is 14.8 Å². The van der Waals surface area contributed by atoms with E-state index in [4.69, 9.17) is 0 Å². The van der Waals surface area contributed by atoms with E-state index in [9.17, 15) is 13.2 Å². The highest BCUT2D eigenvalue weighted by atomic mass is 32.2. The van der Waals surface area contributed by atoms with Crippen molar-refractivity contribution in [3.8, 4) is 0 Å². The van der Waals surface area contributed by atoms with Crippen LogP contribution in [0.1, 0.15) is 44.2 Å². The average Bonchev–Trinajstić information content (AvgIpc) is 2.59. The predicted octanol–water partition coefficient (Wildman–Crippen LogP) is 2.96. The summed E-state index contributed by atoms with van der Waals surface area (Å²) in [7, 11) is -1.65. The summed E-state index contributed by atoms with van der Waals surface area (Å²) in [5.74, 6) is 0.0579. The molecule has 1 saturated heterocycles. The van der Waals surface area contributed by atoms with Crippen LogP contribution in [0.15, 0.2) is 23.1 Å². The van der Waals surface area contributed by atoms with Crippen LogP contribution in [0.4, 0.5) is 0 Å². The molecule has 1 aliphatic heterocycles. The molecule has 0 aromatic heterocycles. The molecule has 1 atom stereocenters. The van der Waals surface area contributed by atoms with E-state index >= 15 is 0 Å². The number of sulfonamides is 1. The molecule has 1 aromatic carbocycles. The quantitative estimate of drug-likeness (QED) is 0.805. The Morgan fingerprint density at radius 3 is 2.40 bits per heavy atom. The van der Waals surface area contributed by atoms with Crippen molar-refractivity contribution >= 4 is 15.9 Å². The Hall–Kier alpha value is -1.40. The Kier molecular flexibility index (Phi) is 6.27. The van der Waals surface area contributed by atoms with Crippen LogP contribution in [0, 0.1) is 19.8 Å². The molecule has 1 aliphatic rings. The molecule has 1 amide bonds. The van der Waals surface area contributed by atoms with Crippen molar-refractivity contribution in [2.45, 2.75) is 57.9 Å². The lowest BCUT2D eigenvalue weighted by Gasteiger charge is -2.34. The summed E-state index contributed by atoms with van der Waals surface area (Å²) in [4.78, 5) is 14.8.